The van der Waals surface area contributed by atoms with Crippen molar-refractivity contribution >= 4 is 21.6 Å². The molecule has 1 aromatic carbocycles. The monoisotopic (exact) mass is 367 g/mol. The summed E-state index contributed by atoms with van der Waals surface area (Å²) in [5.74, 6) is 0.576. The number of hydrogen-bond acceptors (Lipinski definition) is 3. The molecule has 0 spiro atoms. The van der Waals surface area contributed by atoms with E-state index in [-0.39, 0.29) is 5.69 Å². The number of methoxy groups -OCH3 is 1. The molecular weight excluding hydrogens is 356 g/mol. The number of rotatable bonds is 3. The molecule has 22 heavy (non-hydrogen) atoms. The van der Waals surface area contributed by atoms with E-state index in [2.05, 4.69) is 26.0 Å². The molecule has 0 atom stereocenters. The molecule has 0 amide bonds. The number of nitrogens with zero attached hydrogens (tertiary/aromatic N) is 3. The Hall–Kier alpha value is -2.02. The average molecular weight is 368 g/mol. The minimum absolute atomic E-state index is 0.209. The van der Waals surface area contributed by atoms with Crippen LogP contribution in [-0.4, -0.2) is 21.7 Å². The maximum Gasteiger partial charge on any atom is 0.280 e. The topological polar surface area (TPSA) is 39.4 Å². The van der Waals surface area contributed by atoms with E-state index in [1.54, 1.807) is 19.1 Å². The highest BCUT2D eigenvalue weighted by atomic mass is 79.9. The Morgan fingerprint density at radius 3 is 2.68 bits per heavy atom. The number of aryl methyl sites for hydroxylation is 1. The van der Waals surface area contributed by atoms with Crippen LogP contribution in [-0.2, 0) is 0 Å². The van der Waals surface area contributed by atoms with Crippen LogP contribution in [0.1, 0.15) is 17.8 Å². The summed E-state index contributed by atoms with van der Waals surface area (Å²) in [5.41, 5.74) is 1.82. The predicted molar refractivity (Wildman–Crippen MR) is 82.4 cm³/mol. The number of ether oxygens (including phenoxy) is 1. The van der Waals surface area contributed by atoms with Crippen LogP contribution < -0.4 is 4.74 Å². The molecule has 7 heteroatoms. The number of hydrogen-bond donors (Lipinski definition) is 0. The molecule has 3 aromatic rings. The van der Waals surface area contributed by atoms with Gasteiger partial charge in [-0.1, -0.05) is 12.1 Å². The molecule has 0 saturated carbocycles. The fraction of sp³-hybridized carbons (Fsp3) is 0.200. The molecular formula is C15H12BrF2N3O. The van der Waals surface area contributed by atoms with E-state index in [0.717, 1.165) is 0 Å². The Morgan fingerprint density at radius 1 is 1.27 bits per heavy atom. The molecule has 4 nitrogen and oxygen atoms in total. The molecule has 0 fully saturated rings. The van der Waals surface area contributed by atoms with Gasteiger partial charge >= 0.3 is 0 Å². The van der Waals surface area contributed by atoms with Crippen LogP contribution in [0.2, 0.25) is 0 Å². The van der Waals surface area contributed by atoms with Gasteiger partial charge in [0.2, 0.25) is 0 Å². The van der Waals surface area contributed by atoms with Gasteiger partial charge in [-0.3, -0.25) is 0 Å². The first kappa shape index (κ1) is 14.9. The van der Waals surface area contributed by atoms with E-state index in [4.69, 9.17) is 4.74 Å². The average Bonchev–Trinajstić information content (AvgIpc) is 2.81. The van der Waals surface area contributed by atoms with Gasteiger partial charge in [0.25, 0.3) is 6.43 Å². The van der Waals surface area contributed by atoms with Crippen LogP contribution in [0.3, 0.4) is 0 Å². The normalized spacial score (nSPS) is 11.4. The van der Waals surface area contributed by atoms with Crippen molar-refractivity contribution in [3.8, 4) is 17.0 Å². The number of aromatic nitrogens is 3. The lowest BCUT2D eigenvalue weighted by molar-refractivity contribution is 0.143. The third kappa shape index (κ3) is 2.35. The first-order chi connectivity index (χ1) is 10.5. The number of alkyl halides is 2. The van der Waals surface area contributed by atoms with Gasteiger partial charge in [0.1, 0.15) is 11.4 Å². The lowest BCUT2D eigenvalue weighted by atomic mass is 10.1. The number of halogens is 3. The van der Waals surface area contributed by atoms with Crippen molar-refractivity contribution in [1.82, 2.24) is 14.6 Å². The van der Waals surface area contributed by atoms with E-state index >= 15 is 0 Å². The minimum Gasteiger partial charge on any atom is -0.496 e. The maximum atomic E-state index is 13.4. The molecule has 2 aromatic heterocycles. The van der Waals surface area contributed by atoms with Crippen LogP contribution in [0.15, 0.2) is 34.8 Å². The van der Waals surface area contributed by atoms with Crippen molar-refractivity contribution in [3.05, 3.63) is 46.2 Å². The van der Waals surface area contributed by atoms with Crippen LogP contribution >= 0.6 is 15.9 Å². The molecule has 0 aliphatic carbocycles. The van der Waals surface area contributed by atoms with E-state index in [9.17, 15) is 8.78 Å². The third-order valence-corrected chi connectivity index (χ3v) is 4.26. The molecule has 0 N–H and O–H groups in total. The fourth-order valence-electron chi connectivity index (χ4n) is 2.27. The molecule has 0 radical (unpaired) electrons. The Morgan fingerprint density at radius 2 is 2.00 bits per heavy atom. The highest BCUT2D eigenvalue weighted by Gasteiger charge is 2.20. The predicted octanol–water partition coefficient (Wildman–Crippen LogP) is 4.41. The molecule has 0 aliphatic rings. The maximum absolute atomic E-state index is 13.4. The second-order valence-corrected chi connectivity index (χ2v) is 5.50. The molecule has 0 bridgehead atoms. The summed E-state index contributed by atoms with van der Waals surface area (Å²) in [6.45, 7) is 1.73. The highest BCUT2D eigenvalue weighted by Crippen LogP contribution is 2.33. The number of fused-ring (bicyclic) bond motifs is 1. The van der Waals surface area contributed by atoms with Gasteiger partial charge in [-0.2, -0.15) is 5.10 Å². The van der Waals surface area contributed by atoms with E-state index < -0.39 is 6.43 Å². The zero-order valence-corrected chi connectivity index (χ0v) is 13.4. The van der Waals surface area contributed by atoms with Gasteiger partial charge in [0, 0.05) is 5.56 Å². The molecule has 114 valence electrons. The summed E-state index contributed by atoms with van der Waals surface area (Å²) in [4.78, 5) is 4.46. The van der Waals surface area contributed by atoms with E-state index in [1.165, 1.54) is 17.7 Å². The lowest BCUT2D eigenvalue weighted by Crippen LogP contribution is -2.03. The second-order valence-electron chi connectivity index (χ2n) is 4.70. The third-order valence-electron chi connectivity index (χ3n) is 3.33. The first-order valence-electron chi connectivity index (χ1n) is 6.50. The van der Waals surface area contributed by atoms with Crippen molar-refractivity contribution in [1.29, 1.82) is 0 Å². The van der Waals surface area contributed by atoms with E-state index in [1.807, 2.05) is 12.1 Å². The molecule has 2 heterocycles. The van der Waals surface area contributed by atoms with Gasteiger partial charge < -0.3 is 4.74 Å². The van der Waals surface area contributed by atoms with Crippen LogP contribution in [0.25, 0.3) is 16.9 Å². The Kier molecular flexibility index (Phi) is 3.82. The summed E-state index contributed by atoms with van der Waals surface area (Å²) in [6.07, 6.45) is -2.66. The molecule has 0 saturated heterocycles. The van der Waals surface area contributed by atoms with E-state index in [0.29, 0.717) is 32.8 Å². The quantitative estimate of drug-likeness (QED) is 0.687. The molecule has 0 unspecified atom stereocenters. The van der Waals surface area contributed by atoms with Gasteiger partial charge in [0.05, 0.1) is 23.0 Å². The summed E-state index contributed by atoms with van der Waals surface area (Å²) < 4.78 is 33.8. The SMILES string of the molecule is COc1ccccc1-c1cc(C(F)F)n2nc(C)c(Br)c2n1. The van der Waals surface area contributed by atoms with Crippen molar-refractivity contribution in [2.45, 2.75) is 13.3 Å². The van der Waals surface area contributed by atoms with Gasteiger partial charge in [0.15, 0.2) is 5.65 Å². The van der Waals surface area contributed by atoms with Crippen LogP contribution in [0.4, 0.5) is 8.78 Å². The number of benzene rings is 1. The van der Waals surface area contributed by atoms with Crippen molar-refractivity contribution in [2.75, 3.05) is 7.11 Å². The zero-order valence-electron chi connectivity index (χ0n) is 11.8. The second kappa shape index (κ2) is 5.64. The summed E-state index contributed by atoms with van der Waals surface area (Å²) in [7, 11) is 1.53. The van der Waals surface area contributed by atoms with Gasteiger partial charge in [-0.15, -0.1) is 0 Å². The Balaban J connectivity index is 2.33. The van der Waals surface area contributed by atoms with Crippen LogP contribution in [0.5, 0.6) is 5.75 Å². The summed E-state index contributed by atoms with van der Waals surface area (Å²) >= 11 is 3.35. The smallest absolute Gasteiger partial charge is 0.280 e. The summed E-state index contributed by atoms with van der Waals surface area (Å²) in [5, 5.41) is 4.11. The largest absolute Gasteiger partial charge is 0.496 e. The van der Waals surface area contributed by atoms with Gasteiger partial charge in [-0.05, 0) is 41.1 Å². The Bertz CT molecular complexity index is 848. The highest BCUT2D eigenvalue weighted by molar-refractivity contribution is 9.10. The number of para-hydroxylation sites is 1. The van der Waals surface area contributed by atoms with Crippen LogP contribution in [0, 0.1) is 6.92 Å². The van der Waals surface area contributed by atoms with Gasteiger partial charge in [-0.25, -0.2) is 18.3 Å². The Labute approximate surface area is 133 Å². The minimum atomic E-state index is -2.66. The summed E-state index contributed by atoms with van der Waals surface area (Å²) in [6, 6.07) is 8.51. The van der Waals surface area contributed by atoms with Crippen molar-refractivity contribution in [3.63, 3.8) is 0 Å². The molecule has 3 rings (SSSR count). The zero-order chi connectivity index (χ0) is 15.9. The first-order valence-corrected chi connectivity index (χ1v) is 7.29. The lowest BCUT2D eigenvalue weighted by Gasteiger charge is -2.10. The standard InChI is InChI=1S/C15H12BrF2N3O/c1-8-13(16)15-19-10(7-11(14(17)18)21(15)20-8)9-5-3-4-6-12(9)22-2/h3-7,14H,1-2H3. The van der Waals surface area contributed by atoms with Crippen molar-refractivity contribution < 1.29 is 13.5 Å². The molecule has 0 aliphatic heterocycles. The van der Waals surface area contributed by atoms with Crippen molar-refractivity contribution in [2.24, 2.45) is 0 Å². The fourth-order valence-corrected chi connectivity index (χ4v) is 2.61.